The highest BCUT2D eigenvalue weighted by Gasteiger charge is 2.24. The van der Waals surface area contributed by atoms with Crippen molar-refractivity contribution in [1.29, 1.82) is 0 Å². The minimum absolute atomic E-state index is 0.122. The van der Waals surface area contributed by atoms with Crippen LogP contribution in [0, 0.1) is 0 Å². The van der Waals surface area contributed by atoms with E-state index in [4.69, 9.17) is 16.3 Å². The molecule has 0 aromatic carbocycles. The van der Waals surface area contributed by atoms with Gasteiger partial charge >= 0.3 is 0 Å². The van der Waals surface area contributed by atoms with Crippen molar-refractivity contribution in [2.45, 2.75) is 13.0 Å². The summed E-state index contributed by atoms with van der Waals surface area (Å²) in [7, 11) is 0. The normalized spacial score (nSPS) is 16.6. The third-order valence-electron chi connectivity index (χ3n) is 3.00. The molecule has 1 fully saturated rings. The zero-order valence-corrected chi connectivity index (χ0v) is 11.9. The van der Waals surface area contributed by atoms with Crippen LogP contribution in [0.4, 0.5) is 0 Å². The van der Waals surface area contributed by atoms with Gasteiger partial charge in [-0.1, -0.05) is 11.6 Å². The largest absolute Gasteiger partial charge is 0.378 e. The molecule has 2 amide bonds. The second kappa shape index (κ2) is 6.67. The van der Waals surface area contributed by atoms with Crippen molar-refractivity contribution in [3.05, 3.63) is 29.0 Å². The topological polar surface area (TPSA) is 71.5 Å². The van der Waals surface area contributed by atoms with Gasteiger partial charge in [-0.15, -0.1) is 0 Å². The number of morpholine rings is 1. The number of hydrogen-bond acceptors (Lipinski definition) is 4. The van der Waals surface area contributed by atoms with Gasteiger partial charge in [-0.25, -0.2) is 0 Å². The van der Waals surface area contributed by atoms with Crippen molar-refractivity contribution in [3.8, 4) is 0 Å². The van der Waals surface area contributed by atoms with Crippen LogP contribution in [0.3, 0.4) is 0 Å². The van der Waals surface area contributed by atoms with Gasteiger partial charge < -0.3 is 15.0 Å². The first-order valence-electron chi connectivity index (χ1n) is 6.37. The van der Waals surface area contributed by atoms with Gasteiger partial charge in [0, 0.05) is 24.3 Å². The van der Waals surface area contributed by atoms with Gasteiger partial charge in [0.25, 0.3) is 5.91 Å². The molecule has 1 aliphatic rings. The van der Waals surface area contributed by atoms with Gasteiger partial charge in [0.2, 0.25) is 5.91 Å². The van der Waals surface area contributed by atoms with E-state index in [0.717, 1.165) is 0 Å². The number of aromatic nitrogens is 1. The molecule has 1 aliphatic heterocycles. The van der Waals surface area contributed by atoms with Crippen LogP contribution < -0.4 is 5.32 Å². The van der Waals surface area contributed by atoms with Crippen molar-refractivity contribution < 1.29 is 14.3 Å². The number of amides is 2. The molecule has 20 heavy (non-hydrogen) atoms. The summed E-state index contributed by atoms with van der Waals surface area (Å²) in [5.41, 5.74) is 0.194. The van der Waals surface area contributed by atoms with Gasteiger partial charge in [-0.3, -0.25) is 14.6 Å². The van der Waals surface area contributed by atoms with Gasteiger partial charge in [0.15, 0.2) is 0 Å². The molecule has 2 heterocycles. The van der Waals surface area contributed by atoms with E-state index >= 15 is 0 Å². The Bertz CT molecular complexity index is 503. The Morgan fingerprint density at radius 1 is 1.45 bits per heavy atom. The van der Waals surface area contributed by atoms with Crippen LogP contribution in [-0.2, 0) is 9.53 Å². The minimum Gasteiger partial charge on any atom is -0.378 e. The highest BCUT2D eigenvalue weighted by atomic mass is 35.5. The van der Waals surface area contributed by atoms with Crippen molar-refractivity contribution in [1.82, 2.24) is 15.2 Å². The van der Waals surface area contributed by atoms with Crippen LogP contribution >= 0.6 is 11.6 Å². The Hall–Kier alpha value is -1.66. The first kappa shape index (κ1) is 14.7. The van der Waals surface area contributed by atoms with E-state index in [9.17, 15) is 9.59 Å². The standard InChI is InChI=1S/C13H16ClN3O3/c1-9(13(19)17-4-6-20-7-5-17)16-12(18)11-8-10(14)2-3-15-11/h2-3,8-9H,4-7H2,1H3,(H,16,18). The number of hydrogen-bond donors (Lipinski definition) is 1. The lowest BCUT2D eigenvalue weighted by Gasteiger charge is -2.29. The Morgan fingerprint density at radius 3 is 2.80 bits per heavy atom. The second-order valence-corrected chi connectivity index (χ2v) is 4.93. The van der Waals surface area contributed by atoms with E-state index in [0.29, 0.717) is 31.3 Å². The molecular formula is C13H16ClN3O3. The lowest BCUT2D eigenvalue weighted by molar-refractivity contribution is -0.136. The lowest BCUT2D eigenvalue weighted by atomic mass is 10.2. The molecule has 2 rings (SSSR count). The highest BCUT2D eigenvalue weighted by molar-refractivity contribution is 6.30. The number of nitrogens with zero attached hydrogens (tertiary/aromatic N) is 2. The zero-order valence-electron chi connectivity index (χ0n) is 11.1. The number of carbonyl (C=O) groups excluding carboxylic acids is 2. The van der Waals surface area contributed by atoms with Crippen molar-refractivity contribution in [3.63, 3.8) is 0 Å². The Kier molecular flexibility index (Phi) is 4.92. The fourth-order valence-electron chi connectivity index (χ4n) is 1.92. The molecule has 6 nitrogen and oxygen atoms in total. The Balaban J connectivity index is 1.94. The summed E-state index contributed by atoms with van der Waals surface area (Å²) in [5.74, 6) is -0.537. The van der Waals surface area contributed by atoms with Crippen LogP contribution in [0.15, 0.2) is 18.3 Å². The van der Waals surface area contributed by atoms with E-state index in [2.05, 4.69) is 10.3 Å². The van der Waals surface area contributed by atoms with Crippen molar-refractivity contribution >= 4 is 23.4 Å². The van der Waals surface area contributed by atoms with Crippen LogP contribution in [0.1, 0.15) is 17.4 Å². The van der Waals surface area contributed by atoms with Gasteiger partial charge in [-0.05, 0) is 19.1 Å². The number of pyridine rings is 1. The zero-order chi connectivity index (χ0) is 14.5. The minimum atomic E-state index is -0.610. The molecule has 0 saturated carbocycles. The molecule has 0 aliphatic carbocycles. The van der Waals surface area contributed by atoms with E-state index in [-0.39, 0.29) is 11.6 Å². The average molecular weight is 298 g/mol. The van der Waals surface area contributed by atoms with Gasteiger partial charge in [0.05, 0.1) is 13.2 Å². The Morgan fingerprint density at radius 2 is 2.15 bits per heavy atom. The van der Waals surface area contributed by atoms with Crippen LogP contribution in [0.25, 0.3) is 0 Å². The quantitative estimate of drug-likeness (QED) is 0.892. The third-order valence-corrected chi connectivity index (χ3v) is 3.23. The van der Waals surface area contributed by atoms with E-state index in [1.165, 1.54) is 12.3 Å². The van der Waals surface area contributed by atoms with E-state index < -0.39 is 11.9 Å². The summed E-state index contributed by atoms with van der Waals surface area (Å²) in [6.07, 6.45) is 1.45. The molecule has 1 aromatic rings. The predicted molar refractivity (Wildman–Crippen MR) is 73.6 cm³/mol. The number of ether oxygens (including phenoxy) is 1. The fraction of sp³-hybridized carbons (Fsp3) is 0.462. The first-order chi connectivity index (χ1) is 9.58. The maximum absolute atomic E-state index is 12.1. The summed E-state index contributed by atoms with van der Waals surface area (Å²) in [6.45, 7) is 3.81. The van der Waals surface area contributed by atoms with Crippen LogP contribution in [0.2, 0.25) is 5.02 Å². The summed E-state index contributed by atoms with van der Waals surface area (Å²) >= 11 is 5.80. The molecule has 1 atom stereocenters. The van der Waals surface area contributed by atoms with Gasteiger partial charge in [0.1, 0.15) is 11.7 Å². The van der Waals surface area contributed by atoms with E-state index in [1.54, 1.807) is 17.9 Å². The number of rotatable bonds is 3. The maximum Gasteiger partial charge on any atom is 0.270 e. The van der Waals surface area contributed by atoms with Crippen LogP contribution in [0.5, 0.6) is 0 Å². The first-order valence-corrected chi connectivity index (χ1v) is 6.74. The highest BCUT2D eigenvalue weighted by Crippen LogP contribution is 2.08. The number of halogens is 1. The van der Waals surface area contributed by atoms with Crippen molar-refractivity contribution in [2.24, 2.45) is 0 Å². The molecule has 0 spiro atoms. The summed E-state index contributed by atoms with van der Waals surface area (Å²) in [6, 6.07) is 2.44. The molecule has 108 valence electrons. The van der Waals surface area contributed by atoms with Gasteiger partial charge in [-0.2, -0.15) is 0 Å². The third kappa shape index (κ3) is 3.68. The molecule has 0 radical (unpaired) electrons. The average Bonchev–Trinajstić information content (AvgIpc) is 2.47. The fourth-order valence-corrected chi connectivity index (χ4v) is 2.08. The van der Waals surface area contributed by atoms with Crippen LogP contribution in [-0.4, -0.2) is 54.0 Å². The molecule has 1 saturated heterocycles. The SMILES string of the molecule is CC(NC(=O)c1cc(Cl)ccn1)C(=O)N1CCOCC1. The molecule has 1 N–H and O–H groups in total. The summed E-state index contributed by atoms with van der Waals surface area (Å²) in [4.78, 5) is 29.7. The molecule has 1 aromatic heterocycles. The molecule has 1 unspecified atom stereocenters. The second-order valence-electron chi connectivity index (χ2n) is 4.49. The molecular weight excluding hydrogens is 282 g/mol. The molecule has 0 bridgehead atoms. The molecule has 7 heteroatoms. The maximum atomic E-state index is 12.1. The monoisotopic (exact) mass is 297 g/mol. The number of carbonyl (C=O) groups is 2. The Labute approximate surface area is 122 Å². The van der Waals surface area contributed by atoms with Crippen molar-refractivity contribution in [2.75, 3.05) is 26.3 Å². The van der Waals surface area contributed by atoms with E-state index in [1.807, 2.05) is 0 Å². The lowest BCUT2D eigenvalue weighted by Crippen LogP contribution is -2.50. The smallest absolute Gasteiger partial charge is 0.270 e. The summed E-state index contributed by atoms with van der Waals surface area (Å²) < 4.78 is 5.19. The number of nitrogens with one attached hydrogen (secondary N) is 1. The predicted octanol–water partition coefficient (Wildman–Crippen LogP) is 0.712. The summed E-state index contributed by atoms with van der Waals surface area (Å²) in [5, 5.41) is 3.06.